The van der Waals surface area contributed by atoms with E-state index in [-0.39, 0.29) is 6.61 Å². The molecule has 0 spiro atoms. The first kappa shape index (κ1) is 16.2. The molecule has 126 valence electrons. The molecule has 0 aliphatic carbocycles. The Labute approximate surface area is 134 Å². The Hall–Kier alpha value is -2.68. The maximum absolute atomic E-state index is 12.7. The molecular formula is C15H14F3N5O. The van der Waals surface area contributed by atoms with Gasteiger partial charge in [0.05, 0.1) is 11.9 Å². The molecular weight excluding hydrogens is 323 g/mol. The molecule has 2 aromatic heterocycles. The standard InChI is InChI=1S/C15H14F3N5O/c16-15(17,18)10-4-2-9(3-5-10)11-12-13(21-8-20-12)23-14(22-11)19-6-1-7-24/h2-5,8,24H,1,6-7H2,(H2,19,20,21,22,23). The number of imidazole rings is 1. The van der Waals surface area contributed by atoms with Crippen LogP contribution in [0.4, 0.5) is 19.1 Å². The molecule has 0 aliphatic heterocycles. The number of aromatic amines is 1. The van der Waals surface area contributed by atoms with Gasteiger partial charge in [-0.25, -0.2) is 9.97 Å². The van der Waals surface area contributed by atoms with Gasteiger partial charge in [-0.1, -0.05) is 12.1 Å². The number of aromatic nitrogens is 4. The second kappa shape index (κ2) is 6.44. The third-order valence-electron chi connectivity index (χ3n) is 3.38. The van der Waals surface area contributed by atoms with Gasteiger partial charge in [-0.3, -0.25) is 0 Å². The van der Waals surface area contributed by atoms with Gasteiger partial charge in [0, 0.05) is 18.7 Å². The summed E-state index contributed by atoms with van der Waals surface area (Å²) in [6.07, 6.45) is -2.41. The molecule has 0 saturated heterocycles. The molecule has 1 aromatic carbocycles. The van der Waals surface area contributed by atoms with Crippen molar-refractivity contribution < 1.29 is 18.3 Å². The van der Waals surface area contributed by atoms with E-state index < -0.39 is 11.7 Å². The van der Waals surface area contributed by atoms with E-state index >= 15 is 0 Å². The Balaban J connectivity index is 1.99. The molecule has 0 bridgehead atoms. The summed E-state index contributed by atoms with van der Waals surface area (Å²) in [5, 5.41) is 11.8. The number of rotatable bonds is 5. The van der Waals surface area contributed by atoms with Crippen molar-refractivity contribution in [2.45, 2.75) is 12.6 Å². The zero-order chi connectivity index (χ0) is 17.2. The Morgan fingerprint density at radius 1 is 1.12 bits per heavy atom. The van der Waals surface area contributed by atoms with E-state index in [0.29, 0.717) is 41.3 Å². The molecule has 9 heteroatoms. The zero-order valence-corrected chi connectivity index (χ0v) is 12.4. The second-order valence-electron chi connectivity index (χ2n) is 5.07. The number of benzene rings is 1. The van der Waals surface area contributed by atoms with Crippen molar-refractivity contribution in [1.82, 2.24) is 19.9 Å². The van der Waals surface area contributed by atoms with E-state index in [4.69, 9.17) is 5.11 Å². The van der Waals surface area contributed by atoms with Crippen molar-refractivity contribution in [3.8, 4) is 11.3 Å². The number of H-pyrrole nitrogens is 1. The molecule has 24 heavy (non-hydrogen) atoms. The summed E-state index contributed by atoms with van der Waals surface area (Å²) in [7, 11) is 0. The van der Waals surface area contributed by atoms with E-state index in [1.807, 2.05) is 0 Å². The number of nitrogens with one attached hydrogen (secondary N) is 2. The van der Waals surface area contributed by atoms with E-state index in [1.54, 1.807) is 0 Å². The van der Waals surface area contributed by atoms with Crippen LogP contribution in [-0.2, 0) is 6.18 Å². The van der Waals surface area contributed by atoms with Crippen LogP contribution in [0, 0.1) is 0 Å². The number of anilines is 1. The highest BCUT2D eigenvalue weighted by Crippen LogP contribution is 2.32. The average molecular weight is 337 g/mol. The molecule has 0 amide bonds. The topological polar surface area (TPSA) is 86.7 Å². The number of alkyl halides is 3. The Kier molecular flexibility index (Phi) is 4.34. The van der Waals surface area contributed by atoms with Crippen LogP contribution >= 0.6 is 0 Å². The highest BCUT2D eigenvalue weighted by Gasteiger charge is 2.30. The fourth-order valence-corrected chi connectivity index (χ4v) is 2.21. The van der Waals surface area contributed by atoms with Crippen LogP contribution in [0.2, 0.25) is 0 Å². The maximum atomic E-state index is 12.7. The molecule has 2 heterocycles. The monoisotopic (exact) mass is 337 g/mol. The highest BCUT2D eigenvalue weighted by molar-refractivity contribution is 5.87. The van der Waals surface area contributed by atoms with Crippen LogP contribution in [0.25, 0.3) is 22.4 Å². The number of halogens is 3. The van der Waals surface area contributed by atoms with Crippen molar-refractivity contribution in [2.24, 2.45) is 0 Å². The van der Waals surface area contributed by atoms with E-state index in [2.05, 4.69) is 25.3 Å². The lowest BCUT2D eigenvalue weighted by molar-refractivity contribution is -0.137. The smallest absolute Gasteiger partial charge is 0.396 e. The maximum Gasteiger partial charge on any atom is 0.416 e. The number of aliphatic hydroxyl groups is 1. The van der Waals surface area contributed by atoms with Gasteiger partial charge in [0.15, 0.2) is 5.65 Å². The number of fused-ring (bicyclic) bond motifs is 1. The van der Waals surface area contributed by atoms with Crippen LogP contribution in [0.15, 0.2) is 30.6 Å². The predicted molar refractivity (Wildman–Crippen MR) is 82.3 cm³/mol. The van der Waals surface area contributed by atoms with Crippen molar-refractivity contribution in [3.05, 3.63) is 36.2 Å². The number of nitrogens with zero attached hydrogens (tertiary/aromatic N) is 3. The Morgan fingerprint density at radius 3 is 2.54 bits per heavy atom. The van der Waals surface area contributed by atoms with Gasteiger partial charge in [-0.15, -0.1) is 0 Å². The van der Waals surface area contributed by atoms with Gasteiger partial charge in [0.2, 0.25) is 5.95 Å². The molecule has 0 aliphatic rings. The molecule has 3 N–H and O–H groups in total. The third kappa shape index (κ3) is 3.30. The summed E-state index contributed by atoms with van der Waals surface area (Å²) in [5.41, 5.74) is 1.17. The summed E-state index contributed by atoms with van der Waals surface area (Å²) in [6.45, 7) is 0.508. The van der Waals surface area contributed by atoms with Crippen molar-refractivity contribution >= 4 is 17.1 Å². The summed E-state index contributed by atoms with van der Waals surface area (Å²) >= 11 is 0. The minimum Gasteiger partial charge on any atom is -0.396 e. The van der Waals surface area contributed by atoms with Gasteiger partial charge >= 0.3 is 6.18 Å². The largest absolute Gasteiger partial charge is 0.416 e. The minimum absolute atomic E-state index is 0.0328. The van der Waals surface area contributed by atoms with Gasteiger partial charge in [-0.2, -0.15) is 18.2 Å². The summed E-state index contributed by atoms with van der Waals surface area (Å²) < 4.78 is 38.1. The molecule has 0 saturated carbocycles. The number of hydrogen-bond acceptors (Lipinski definition) is 5. The minimum atomic E-state index is -4.39. The van der Waals surface area contributed by atoms with Gasteiger partial charge in [0.25, 0.3) is 0 Å². The SMILES string of the molecule is OCCCNc1nc(-c2ccc(C(F)(F)F)cc2)c2nc[nH]c2n1. The lowest BCUT2D eigenvalue weighted by Crippen LogP contribution is -2.08. The summed E-state index contributed by atoms with van der Waals surface area (Å²) in [4.78, 5) is 15.6. The molecule has 0 fully saturated rings. The molecule has 0 unspecified atom stereocenters. The molecule has 3 rings (SSSR count). The fraction of sp³-hybridized carbons (Fsp3) is 0.267. The van der Waals surface area contributed by atoms with Gasteiger partial charge in [0.1, 0.15) is 11.2 Å². The molecule has 3 aromatic rings. The van der Waals surface area contributed by atoms with E-state index in [1.165, 1.54) is 18.5 Å². The first-order chi connectivity index (χ1) is 11.5. The lowest BCUT2D eigenvalue weighted by atomic mass is 10.1. The Bertz CT molecular complexity index is 829. The first-order valence-electron chi connectivity index (χ1n) is 7.22. The first-order valence-corrected chi connectivity index (χ1v) is 7.22. The van der Waals surface area contributed by atoms with Crippen LogP contribution in [0.3, 0.4) is 0 Å². The highest BCUT2D eigenvalue weighted by atomic mass is 19.4. The van der Waals surface area contributed by atoms with Gasteiger partial charge in [-0.05, 0) is 18.6 Å². The van der Waals surface area contributed by atoms with Crippen LogP contribution < -0.4 is 5.32 Å². The summed E-state index contributed by atoms with van der Waals surface area (Å²) in [6, 6.07) is 4.73. The lowest BCUT2D eigenvalue weighted by Gasteiger charge is -2.09. The van der Waals surface area contributed by atoms with Crippen molar-refractivity contribution in [1.29, 1.82) is 0 Å². The van der Waals surface area contributed by atoms with Gasteiger partial charge < -0.3 is 15.4 Å². The number of aliphatic hydroxyl groups excluding tert-OH is 1. The predicted octanol–water partition coefficient (Wildman–Crippen LogP) is 2.83. The van der Waals surface area contributed by atoms with Crippen LogP contribution in [0.5, 0.6) is 0 Å². The normalized spacial score (nSPS) is 11.8. The summed E-state index contributed by atoms with van der Waals surface area (Å²) in [5.74, 6) is 0.315. The van der Waals surface area contributed by atoms with E-state index in [9.17, 15) is 13.2 Å². The zero-order valence-electron chi connectivity index (χ0n) is 12.4. The molecule has 6 nitrogen and oxygen atoms in total. The van der Waals surface area contributed by atoms with Crippen molar-refractivity contribution in [3.63, 3.8) is 0 Å². The van der Waals surface area contributed by atoms with Crippen molar-refractivity contribution in [2.75, 3.05) is 18.5 Å². The quantitative estimate of drug-likeness (QED) is 0.623. The molecule has 0 atom stereocenters. The molecule has 0 radical (unpaired) electrons. The van der Waals surface area contributed by atoms with Crippen LogP contribution in [0.1, 0.15) is 12.0 Å². The number of hydrogen-bond donors (Lipinski definition) is 3. The van der Waals surface area contributed by atoms with Crippen LogP contribution in [-0.4, -0.2) is 38.2 Å². The van der Waals surface area contributed by atoms with E-state index in [0.717, 1.165) is 12.1 Å². The second-order valence-corrected chi connectivity index (χ2v) is 5.07. The average Bonchev–Trinajstić information content (AvgIpc) is 3.02. The third-order valence-corrected chi connectivity index (χ3v) is 3.38. The Morgan fingerprint density at radius 2 is 1.88 bits per heavy atom. The fourth-order valence-electron chi connectivity index (χ4n) is 2.21.